The molecule has 0 spiro atoms. The second-order valence-corrected chi connectivity index (χ2v) is 4.05. The Labute approximate surface area is 99.9 Å². The highest BCUT2D eigenvalue weighted by molar-refractivity contribution is 9.10. The predicted molar refractivity (Wildman–Crippen MR) is 63.4 cm³/mol. The summed E-state index contributed by atoms with van der Waals surface area (Å²) in [7, 11) is 0. The summed E-state index contributed by atoms with van der Waals surface area (Å²) in [5.74, 6) is 0.826. The van der Waals surface area contributed by atoms with E-state index in [-0.39, 0.29) is 5.78 Å². The number of hydrogen-bond acceptors (Lipinski definition) is 2. The Bertz CT molecular complexity index is 337. The standard InChI is InChI=1S/C10H10Br2O2/c1-2-14-10-4-3-7(5-8(10)12)9(13)6-11/h3-5H,2,6H2,1H3. The lowest BCUT2D eigenvalue weighted by molar-refractivity contribution is 0.102. The lowest BCUT2D eigenvalue weighted by Gasteiger charge is -2.06. The van der Waals surface area contributed by atoms with Crippen LogP contribution in [-0.4, -0.2) is 17.7 Å². The molecule has 0 saturated carbocycles. The van der Waals surface area contributed by atoms with Crippen molar-refractivity contribution in [2.24, 2.45) is 0 Å². The Morgan fingerprint density at radius 1 is 1.50 bits per heavy atom. The second-order valence-electron chi connectivity index (χ2n) is 2.64. The van der Waals surface area contributed by atoms with E-state index in [2.05, 4.69) is 31.9 Å². The molecule has 0 N–H and O–H groups in total. The van der Waals surface area contributed by atoms with Crippen molar-refractivity contribution in [2.45, 2.75) is 6.92 Å². The molecule has 76 valence electrons. The maximum atomic E-state index is 11.3. The highest BCUT2D eigenvalue weighted by atomic mass is 79.9. The van der Waals surface area contributed by atoms with Gasteiger partial charge in [0.25, 0.3) is 0 Å². The number of ketones is 1. The van der Waals surface area contributed by atoms with Crippen molar-refractivity contribution >= 4 is 37.6 Å². The molecule has 0 fully saturated rings. The molecule has 1 aromatic carbocycles. The number of carbonyl (C=O) groups excluding carboxylic acids is 1. The number of carbonyl (C=O) groups is 1. The zero-order chi connectivity index (χ0) is 10.6. The Morgan fingerprint density at radius 3 is 2.71 bits per heavy atom. The van der Waals surface area contributed by atoms with Crippen LogP contribution in [-0.2, 0) is 0 Å². The van der Waals surface area contributed by atoms with Crippen molar-refractivity contribution in [2.75, 3.05) is 11.9 Å². The van der Waals surface area contributed by atoms with E-state index in [9.17, 15) is 4.79 Å². The van der Waals surface area contributed by atoms with Gasteiger partial charge in [0.05, 0.1) is 16.4 Å². The molecule has 0 unspecified atom stereocenters. The first-order valence-corrected chi connectivity index (χ1v) is 6.12. The van der Waals surface area contributed by atoms with Gasteiger partial charge in [-0.3, -0.25) is 4.79 Å². The van der Waals surface area contributed by atoms with Crippen LogP contribution < -0.4 is 4.74 Å². The summed E-state index contributed by atoms with van der Waals surface area (Å²) in [6, 6.07) is 5.33. The SMILES string of the molecule is CCOc1ccc(C(=O)CBr)cc1Br. The average Bonchev–Trinajstić information content (AvgIpc) is 2.20. The number of halogens is 2. The molecule has 0 atom stereocenters. The summed E-state index contributed by atoms with van der Waals surface area (Å²) < 4.78 is 6.15. The number of hydrogen-bond donors (Lipinski definition) is 0. The van der Waals surface area contributed by atoms with Gasteiger partial charge in [0.15, 0.2) is 5.78 Å². The van der Waals surface area contributed by atoms with E-state index in [0.717, 1.165) is 10.2 Å². The van der Waals surface area contributed by atoms with Gasteiger partial charge in [0.2, 0.25) is 0 Å². The number of ether oxygens (including phenoxy) is 1. The van der Waals surface area contributed by atoms with Crippen molar-refractivity contribution in [3.63, 3.8) is 0 Å². The smallest absolute Gasteiger partial charge is 0.173 e. The van der Waals surface area contributed by atoms with Crippen LogP contribution in [0.25, 0.3) is 0 Å². The third kappa shape index (κ3) is 2.82. The molecule has 0 amide bonds. The Hall–Kier alpha value is -0.350. The highest BCUT2D eigenvalue weighted by Crippen LogP contribution is 2.26. The van der Waals surface area contributed by atoms with Crippen molar-refractivity contribution in [1.82, 2.24) is 0 Å². The van der Waals surface area contributed by atoms with Crippen LogP contribution in [0.4, 0.5) is 0 Å². The fraction of sp³-hybridized carbons (Fsp3) is 0.300. The Balaban J connectivity index is 2.94. The molecule has 0 saturated heterocycles. The van der Waals surface area contributed by atoms with Crippen LogP contribution in [0.5, 0.6) is 5.75 Å². The number of Topliss-reactive ketones (excluding diaryl/α,β-unsaturated/α-hetero) is 1. The first-order valence-electron chi connectivity index (χ1n) is 4.20. The van der Waals surface area contributed by atoms with Gasteiger partial charge in [-0.05, 0) is 41.1 Å². The summed E-state index contributed by atoms with van der Waals surface area (Å²) in [4.78, 5) is 11.3. The summed E-state index contributed by atoms with van der Waals surface area (Å²) in [6.45, 7) is 2.54. The third-order valence-corrected chi connectivity index (χ3v) is 2.80. The minimum atomic E-state index is 0.0637. The predicted octanol–water partition coefficient (Wildman–Crippen LogP) is 3.43. The summed E-state index contributed by atoms with van der Waals surface area (Å²) in [5.41, 5.74) is 0.678. The fourth-order valence-electron chi connectivity index (χ4n) is 1.02. The van der Waals surface area contributed by atoms with E-state index < -0.39 is 0 Å². The fourth-order valence-corrected chi connectivity index (χ4v) is 1.84. The van der Waals surface area contributed by atoms with Crippen molar-refractivity contribution in [3.8, 4) is 5.75 Å². The topological polar surface area (TPSA) is 26.3 Å². The quantitative estimate of drug-likeness (QED) is 0.627. The van der Waals surface area contributed by atoms with Crippen molar-refractivity contribution < 1.29 is 9.53 Å². The number of rotatable bonds is 4. The number of benzene rings is 1. The molecule has 0 aliphatic rings. The minimum Gasteiger partial charge on any atom is -0.493 e. The van der Waals surface area contributed by atoms with E-state index in [1.807, 2.05) is 6.92 Å². The van der Waals surface area contributed by atoms with Crippen LogP contribution in [0.1, 0.15) is 17.3 Å². The first kappa shape index (κ1) is 11.7. The Kier molecular flexibility index (Phi) is 4.62. The van der Waals surface area contributed by atoms with Gasteiger partial charge in [0.1, 0.15) is 5.75 Å². The Morgan fingerprint density at radius 2 is 2.21 bits per heavy atom. The van der Waals surface area contributed by atoms with Gasteiger partial charge in [0, 0.05) is 5.56 Å². The molecule has 0 aliphatic carbocycles. The van der Waals surface area contributed by atoms with E-state index in [4.69, 9.17) is 4.74 Å². The molecule has 0 heterocycles. The van der Waals surface area contributed by atoms with Crippen LogP contribution in [0.2, 0.25) is 0 Å². The van der Waals surface area contributed by atoms with Gasteiger partial charge in [-0.1, -0.05) is 15.9 Å². The molecule has 0 aliphatic heterocycles. The van der Waals surface area contributed by atoms with Crippen molar-refractivity contribution in [3.05, 3.63) is 28.2 Å². The third-order valence-electron chi connectivity index (χ3n) is 1.68. The molecule has 1 aromatic rings. The largest absolute Gasteiger partial charge is 0.493 e. The van der Waals surface area contributed by atoms with Gasteiger partial charge in [-0.15, -0.1) is 0 Å². The maximum Gasteiger partial charge on any atom is 0.173 e. The molecular weight excluding hydrogens is 312 g/mol. The monoisotopic (exact) mass is 320 g/mol. The molecule has 4 heteroatoms. The van der Waals surface area contributed by atoms with Crippen LogP contribution in [0, 0.1) is 0 Å². The highest BCUT2D eigenvalue weighted by Gasteiger charge is 2.07. The second kappa shape index (κ2) is 5.51. The van der Waals surface area contributed by atoms with Gasteiger partial charge >= 0.3 is 0 Å². The zero-order valence-electron chi connectivity index (χ0n) is 7.72. The maximum absolute atomic E-state index is 11.3. The average molecular weight is 322 g/mol. The van der Waals surface area contributed by atoms with E-state index in [0.29, 0.717) is 17.5 Å². The van der Waals surface area contributed by atoms with Gasteiger partial charge < -0.3 is 4.74 Å². The molecule has 0 aromatic heterocycles. The van der Waals surface area contributed by atoms with Gasteiger partial charge in [-0.25, -0.2) is 0 Å². The lowest BCUT2D eigenvalue weighted by Crippen LogP contribution is -2.00. The summed E-state index contributed by atoms with van der Waals surface area (Å²) in [5, 5.41) is 0.341. The first-order chi connectivity index (χ1) is 6.69. The van der Waals surface area contributed by atoms with E-state index >= 15 is 0 Å². The molecule has 2 nitrogen and oxygen atoms in total. The summed E-state index contributed by atoms with van der Waals surface area (Å²) in [6.07, 6.45) is 0. The zero-order valence-corrected chi connectivity index (χ0v) is 10.9. The van der Waals surface area contributed by atoms with Crippen molar-refractivity contribution in [1.29, 1.82) is 0 Å². The van der Waals surface area contributed by atoms with E-state index in [1.165, 1.54) is 0 Å². The van der Waals surface area contributed by atoms with E-state index in [1.54, 1.807) is 18.2 Å². The normalized spacial score (nSPS) is 9.93. The summed E-state index contributed by atoms with van der Waals surface area (Å²) >= 11 is 6.48. The van der Waals surface area contributed by atoms with Crippen LogP contribution in [0.3, 0.4) is 0 Å². The molecule has 14 heavy (non-hydrogen) atoms. The number of alkyl halides is 1. The molecule has 0 bridgehead atoms. The molecule has 1 rings (SSSR count). The van der Waals surface area contributed by atoms with Gasteiger partial charge in [-0.2, -0.15) is 0 Å². The molecule has 0 radical (unpaired) electrons. The lowest BCUT2D eigenvalue weighted by atomic mass is 10.1. The van der Waals surface area contributed by atoms with Crippen LogP contribution in [0.15, 0.2) is 22.7 Å². The molecular formula is C10H10Br2O2. The van der Waals surface area contributed by atoms with Crippen LogP contribution >= 0.6 is 31.9 Å². The minimum absolute atomic E-state index is 0.0637.